The Balaban J connectivity index is 1.21. The van der Waals surface area contributed by atoms with Crippen LogP contribution in [0.2, 0.25) is 0 Å². The molecule has 2 saturated carbocycles. The Labute approximate surface area is 165 Å². The van der Waals surface area contributed by atoms with Crippen LogP contribution in [-0.2, 0) is 4.74 Å². The van der Waals surface area contributed by atoms with Gasteiger partial charge in [-0.25, -0.2) is 0 Å². The third-order valence-electron chi connectivity index (χ3n) is 8.56. The van der Waals surface area contributed by atoms with Crippen molar-refractivity contribution in [2.75, 3.05) is 0 Å². The zero-order valence-corrected chi connectivity index (χ0v) is 17.5. The first-order valence-corrected chi connectivity index (χ1v) is 11.8. The van der Waals surface area contributed by atoms with Crippen LogP contribution in [0.5, 0.6) is 0 Å². The highest BCUT2D eigenvalue weighted by molar-refractivity contribution is 5.05. The van der Waals surface area contributed by atoms with E-state index in [9.17, 15) is 4.39 Å². The molecule has 0 aromatic carbocycles. The van der Waals surface area contributed by atoms with Gasteiger partial charge in [-0.15, -0.1) is 0 Å². The third kappa shape index (κ3) is 4.62. The Hall–Kier alpha value is -0.790. The minimum absolute atomic E-state index is 0.146. The van der Waals surface area contributed by atoms with Crippen molar-refractivity contribution in [2.24, 2.45) is 29.6 Å². The molecular formula is C25H39FO. The average Bonchev–Trinajstić information content (AvgIpc) is 2.71. The van der Waals surface area contributed by atoms with Crippen molar-refractivity contribution >= 4 is 0 Å². The lowest BCUT2D eigenvalue weighted by Crippen LogP contribution is -2.33. The van der Waals surface area contributed by atoms with Gasteiger partial charge in [0.05, 0.1) is 0 Å². The van der Waals surface area contributed by atoms with Crippen molar-refractivity contribution in [3.05, 3.63) is 23.2 Å². The molecule has 4 rings (SSSR count). The highest BCUT2D eigenvalue weighted by atomic mass is 19.1. The van der Waals surface area contributed by atoms with Crippen LogP contribution >= 0.6 is 0 Å². The van der Waals surface area contributed by atoms with Gasteiger partial charge in [0.25, 0.3) is 6.01 Å². The van der Waals surface area contributed by atoms with E-state index in [0.717, 1.165) is 42.1 Å². The molecule has 1 nitrogen and oxygen atoms in total. The third-order valence-corrected chi connectivity index (χ3v) is 8.56. The van der Waals surface area contributed by atoms with Gasteiger partial charge in [0.2, 0.25) is 0 Å². The summed E-state index contributed by atoms with van der Waals surface area (Å²) in [5, 5.41) is 0. The minimum atomic E-state index is -0.278. The monoisotopic (exact) mass is 374 g/mol. The fraction of sp³-hybridized carbons (Fsp3) is 0.840. The first kappa shape index (κ1) is 19.5. The second-order valence-electron chi connectivity index (χ2n) is 10.2. The second kappa shape index (κ2) is 8.70. The van der Waals surface area contributed by atoms with Crippen LogP contribution in [-0.4, -0.2) is 6.10 Å². The fourth-order valence-electron chi connectivity index (χ4n) is 6.57. The molecule has 4 aliphatic rings. The van der Waals surface area contributed by atoms with Gasteiger partial charge in [-0.2, -0.15) is 4.39 Å². The van der Waals surface area contributed by atoms with Crippen LogP contribution in [0.3, 0.4) is 0 Å². The molecule has 0 amide bonds. The lowest BCUT2D eigenvalue weighted by molar-refractivity contribution is -0.0142. The molecule has 2 unspecified atom stereocenters. The summed E-state index contributed by atoms with van der Waals surface area (Å²) in [6.07, 6.45) is 19.8. The predicted octanol–water partition coefficient (Wildman–Crippen LogP) is 7.73. The van der Waals surface area contributed by atoms with Crippen molar-refractivity contribution in [1.29, 1.82) is 0 Å². The molecule has 0 N–H and O–H groups in total. The van der Waals surface area contributed by atoms with E-state index in [0.29, 0.717) is 5.92 Å². The Morgan fingerprint density at radius 2 is 1.26 bits per heavy atom. The molecule has 3 aliphatic carbocycles. The molecule has 0 saturated heterocycles. The number of ether oxygens (including phenoxy) is 1. The normalized spacial score (nSPS) is 41.1. The van der Waals surface area contributed by atoms with Gasteiger partial charge in [0.1, 0.15) is 6.10 Å². The fourth-order valence-corrected chi connectivity index (χ4v) is 6.57. The van der Waals surface area contributed by atoms with E-state index in [1.165, 1.54) is 70.6 Å². The summed E-state index contributed by atoms with van der Waals surface area (Å²) in [5.41, 5.74) is 2.42. The number of halogens is 1. The lowest BCUT2D eigenvalue weighted by Gasteiger charge is -2.41. The maximum Gasteiger partial charge on any atom is 0.271 e. The summed E-state index contributed by atoms with van der Waals surface area (Å²) in [5.74, 6) is 4.46. The van der Waals surface area contributed by atoms with Crippen LogP contribution in [0.15, 0.2) is 23.2 Å². The van der Waals surface area contributed by atoms with Gasteiger partial charge >= 0.3 is 0 Å². The molecule has 2 fully saturated rings. The lowest BCUT2D eigenvalue weighted by atomic mass is 9.65. The molecule has 27 heavy (non-hydrogen) atoms. The molecule has 2 atom stereocenters. The molecule has 1 heterocycles. The Morgan fingerprint density at radius 3 is 1.78 bits per heavy atom. The summed E-state index contributed by atoms with van der Waals surface area (Å²) in [6.45, 7) is 4.16. The summed E-state index contributed by atoms with van der Waals surface area (Å²) in [4.78, 5) is 0. The SMILES string of the molecule is CC1=CCC(C2CCC(C3CCC(C4CCC(C)=C(F)O4)CC3)CC2)CC1. The zero-order valence-electron chi connectivity index (χ0n) is 17.5. The number of rotatable bonds is 3. The molecule has 0 aromatic rings. The van der Waals surface area contributed by atoms with Gasteiger partial charge < -0.3 is 4.74 Å². The first-order valence-electron chi connectivity index (χ1n) is 11.8. The zero-order chi connectivity index (χ0) is 18.8. The van der Waals surface area contributed by atoms with Crippen LogP contribution < -0.4 is 0 Å². The predicted molar refractivity (Wildman–Crippen MR) is 110 cm³/mol. The van der Waals surface area contributed by atoms with E-state index < -0.39 is 0 Å². The quantitative estimate of drug-likeness (QED) is 0.459. The Bertz CT molecular complexity index is 561. The van der Waals surface area contributed by atoms with Gasteiger partial charge in [-0.3, -0.25) is 0 Å². The molecule has 0 radical (unpaired) electrons. The molecule has 0 bridgehead atoms. The molecule has 0 aromatic heterocycles. The van der Waals surface area contributed by atoms with Crippen molar-refractivity contribution < 1.29 is 9.13 Å². The summed E-state index contributed by atoms with van der Waals surface area (Å²) >= 11 is 0. The summed E-state index contributed by atoms with van der Waals surface area (Å²) in [6, 6.07) is -0.278. The highest BCUT2D eigenvalue weighted by Crippen LogP contribution is 2.46. The maximum atomic E-state index is 13.8. The van der Waals surface area contributed by atoms with E-state index in [1.54, 1.807) is 5.57 Å². The van der Waals surface area contributed by atoms with Crippen LogP contribution in [0, 0.1) is 29.6 Å². The van der Waals surface area contributed by atoms with Crippen molar-refractivity contribution in [3.8, 4) is 0 Å². The number of allylic oxidation sites excluding steroid dienone is 3. The standard InChI is InChI=1S/C25H39FO/c1-17-3-6-19(7-4-17)20-8-10-21(11-9-20)22-12-14-23(15-13-22)24-16-5-18(2)25(26)27-24/h3,19-24H,4-16H2,1-2H3. The smallest absolute Gasteiger partial charge is 0.271 e. The Kier molecular flexibility index (Phi) is 6.29. The molecular weight excluding hydrogens is 335 g/mol. The van der Waals surface area contributed by atoms with E-state index in [2.05, 4.69) is 13.0 Å². The average molecular weight is 375 g/mol. The summed E-state index contributed by atoms with van der Waals surface area (Å²) in [7, 11) is 0. The first-order chi connectivity index (χ1) is 13.1. The van der Waals surface area contributed by atoms with Crippen LogP contribution in [0.25, 0.3) is 0 Å². The van der Waals surface area contributed by atoms with E-state index >= 15 is 0 Å². The minimum Gasteiger partial charge on any atom is -0.467 e. The Morgan fingerprint density at radius 1 is 0.704 bits per heavy atom. The van der Waals surface area contributed by atoms with Gasteiger partial charge in [-0.05, 0) is 132 Å². The number of hydrogen-bond acceptors (Lipinski definition) is 1. The molecule has 0 spiro atoms. The molecule has 152 valence electrons. The van der Waals surface area contributed by atoms with Crippen molar-refractivity contribution in [1.82, 2.24) is 0 Å². The van der Waals surface area contributed by atoms with E-state index in [4.69, 9.17) is 4.74 Å². The second-order valence-corrected chi connectivity index (χ2v) is 10.2. The van der Waals surface area contributed by atoms with Crippen molar-refractivity contribution in [3.63, 3.8) is 0 Å². The largest absolute Gasteiger partial charge is 0.467 e. The highest BCUT2D eigenvalue weighted by Gasteiger charge is 2.36. The van der Waals surface area contributed by atoms with Crippen LogP contribution in [0.1, 0.15) is 97.3 Å². The van der Waals surface area contributed by atoms with E-state index in [1.807, 2.05) is 6.92 Å². The maximum absolute atomic E-state index is 13.8. The summed E-state index contributed by atoms with van der Waals surface area (Å²) < 4.78 is 19.4. The van der Waals surface area contributed by atoms with Gasteiger partial charge in [-0.1, -0.05) is 11.6 Å². The molecule has 2 heteroatoms. The topological polar surface area (TPSA) is 9.23 Å². The van der Waals surface area contributed by atoms with Gasteiger partial charge in [0, 0.05) is 0 Å². The van der Waals surface area contributed by atoms with E-state index in [-0.39, 0.29) is 12.1 Å². The van der Waals surface area contributed by atoms with Crippen molar-refractivity contribution in [2.45, 2.75) is 103 Å². The molecule has 1 aliphatic heterocycles. The van der Waals surface area contributed by atoms with Gasteiger partial charge in [0.15, 0.2) is 0 Å². The van der Waals surface area contributed by atoms with Crippen LogP contribution in [0.4, 0.5) is 4.39 Å². The number of hydrogen-bond donors (Lipinski definition) is 0.